The van der Waals surface area contributed by atoms with Gasteiger partial charge in [-0.2, -0.15) is 0 Å². The fraction of sp³-hybridized carbons (Fsp3) is 0.364. The first-order valence-corrected chi connectivity index (χ1v) is 11.3. The first-order chi connectivity index (χ1) is 14.2. The monoisotopic (exact) mass is 432 g/mol. The van der Waals surface area contributed by atoms with E-state index < -0.39 is 22.5 Å². The minimum atomic E-state index is -4.06. The lowest BCUT2D eigenvalue weighted by Gasteiger charge is -2.28. The summed E-state index contributed by atoms with van der Waals surface area (Å²) in [6.45, 7) is 6.67. The summed E-state index contributed by atoms with van der Waals surface area (Å²) >= 11 is 0. The normalized spacial score (nSPS) is 11.1. The van der Waals surface area contributed by atoms with Crippen LogP contribution in [0.15, 0.2) is 47.4 Å². The van der Waals surface area contributed by atoms with Crippen molar-refractivity contribution in [2.75, 3.05) is 22.8 Å². The van der Waals surface area contributed by atoms with Crippen LogP contribution in [0.1, 0.15) is 38.8 Å². The number of hydrogen-bond donors (Lipinski definition) is 1. The van der Waals surface area contributed by atoms with Gasteiger partial charge in [0.2, 0.25) is 5.91 Å². The Balaban J connectivity index is 2.60. The van der Waals surface area contributed by atoms with E-state index in [4.69, 9.17) is 4.74 Å². The molecule has 0 saturated heterocycles. The maximum absolute atomic E-state index is 13.6. The standard InChI is InChI=1S/C22H28N2O5S/c1-5-17-9-8-10-18(6-2)22(17)24(15-21(26)29-7-3)30(27,28)20-13-11-19(12-14-20)23-16(4)25/h8-14H,5-7,15H2,1-4H3,(H,23,25). The van der Waals surface area contributed by atoms with Crippen molar-refractivity contribution < 1.29 is 22.7 Å². The van der Waals surface area contributed by atoms with Gasteiger partial charge in [0, 0.05) is 12.6 Å². The molecule has 0 atom stereocenters. The van der Waals surface area contributed by atoms with Gasteiger partial charge in [0.05, 0.1) is 17.2 Å². The summed E-state index contributed by atoms with van der Waals surface area (Å²) in [5, 5.41) is 2.61. The van der Waals surface area contributed by atoms with E-state index in [0.717, 1.165) is 15.4 Å². The third kappa shape index (κ3) is 5.38. The number of carbonyl (C=O) groups is 2. The third-order valence-electron chi connectivity index (χ3n) is 4.56. The minimum Gasteiger partial charge on any atom is -0.465 e. The van der Waals surface area contributed by atoms with E-state index in [1.54, 1.807) is 6.92 Å². The maximum atomic E-state index is 13.6. The van der Waals surface area contributed by atoms with Crippen molar-refractivity contribution in [1.82, 2.24) is 0 Å². The third-order valence-corrected chi connectivity index (χ3v) is 6.31. The number of rotatable bonds is 9. The van der Waals surface area contributed by atoms with E-state index in [1.165, 1.54) is 31.2 Å². The lowest BCUT2D eigenvalue weighted by atomic mass is 10.0. The number of anilines is 2. The smallest absolute Gasteiger partial charge is 0.326 e. The molecule has 1 amide bonds. The molecule has 0 heterocycles. The molecule has 0 spiro atoms. The molecule has 1 N–H and O–H groups in total. The number of amides is 1. The molecule has 0 aromatic heterocycles. The number of carbonyl (C=O) groups excluding carboxylic acids is 2. The van der Waals surface area contributed by atoms with E-state index >= 15 is 0 Å². The van der Waals surface area contributed by atoms with Crippen molar-refractivity contribution in [3.63, 3.8) is 0 Å². The summed E-state index contributed by atoms with van der Waals surface area (Å²) in [7, 11) is -4.06. The number of ether oxygens (including phenoxy) is 1. The summed E-state index contributed by atoms with van der Waals surface area (Å²) in [6.07, 6.45) is 1.22. The molecule has 0 aliphatic heterocycles. The Hall–Kier alpha value is -2.87. The number of nitrogens with zero attached hydrogens (tertiary/aromatic N) is 1. The highest BCUT2D eigenvalue weighted by molar-refractivity contribution is 7.92. The number of esters is 1. The molecule has 8 heteroatoms. The first-order valence-electron chi connectivity index (χ1n) is 9.91. The highest BCUT2D eigenvalue weighted by Gasteiger charge is 2.30. The summed E-state index contributed by atoms with van der Waals surface area (Å²) in [5.41, 5.74) is 2.66. The van der Waals surface area contributed by atoms with Gasteiger partial charge >= 0.3 is 5.97 Å². The van der Waals surface area contributed by atoms with Crippen LogP contribution in [0, 0.1) is 0 Å². The SMILES string of the molecule is CCOC(=O)CN(c1c(CC)cccc1CC)S(=O)(=O)c1ccc(NC(C)=O)cc1. The van der Waals surface area contributed by atoms with Gasteiger partial charge in [-0.1, -0.05) is 32.0 Å². The molecule has 2 aromatic rings. The molecular formula is C22H28N2O5S. The Bertz CT molecular complexity index is 978. The van der Waals surface area contributed by atoms with Crippen LogP contribution in [0.5, 0.6) is 0 Å². The summed E-state index contributed by atoms with van der Waals surface area (Å²) in [6, 6.07) is 11.5. The van der Waals surface area contributed by atoms with E-state index in [-0.39, 0.29) is 17.4 Å². The molecule has 2 rings (SSSR count). The molecule has 0 aliphatic carbocycles. The largest absolute Gasteiger partial charge is 0.465 e. The molecular weight excluding hydrogens is 404 g/mol. The predicted molar refractivity (Wildman–Crippen MR) is 117 cm³/mol. The summed E-state index contributed by atoms with van der Waals surface area (Å²) in [5.74, 6) is -0.872. The second-order valence-corrected chi connectivity index (χ2v) is 8.52. The molecule has 30 heavy (non-hydrogen) atoms. The van der Waals surface area contributed by atoms with E-state index in [9.17, 15) is 18.0 Å². The average molecular weight is 433 g/mol. The minimum absolute atomic E-state index is 0.0221. The van der Waals surface area contributed by atoms with E-state index in [1.807, 2.05) is 32.0 Å². The van der Waals surface area contributed by atoms with Crippen molar-refractivity contribution >= 4 is 33.3 Å². The quantitative estimate of drug-likeness (QED) is 0.612. The zero-order valence-electron chi connectivity index (χ0n) is 17.8. The van der Waals surface area contributed by atoms with Crippen molar-refractivity contribution in [3.05, 3.63) is 53.6 Å². The molecule has 0 unspecified atom stereocenters. The number of hydrogen-bond acceptors (Lipinski definition) is 5. The van der Waals surface area contributed by atoms with Crippen LogP contribution in [-0.2, 0) is 37.2 Å². The average Bonchev–Trinajstić information content (AvgIpc) is 2.71. The Labute approximate surface area is 178 Å². The Morgan fingerprint density at radius 3 is 2.00 bits per heavy atom. The fourth-order valence-electron chi connectivity index (χ4n) is 3.18. The van der Waals surface area contributed by atoms with Gasteiger partial charge in [0.15, 0.2) is 0 Å². The topological polar surface area (TPSA) is 92.8 Å². The lowest BCUT2D eigenvalue weighted by molar-refractivity contribution is -0.141. The summed E-state index contributed by atoms with van der Waals surface area (Å²) < 4.78 is 33.3. The molecule has 162 valence electrons. The first kappa shape index (κ1) is 23.4. The number of sulfonamides is 1. The van der Waals surface area contributed by atoms with Crippen molar-refractivity contribution in [2.45, 2.75) is 45.4 Å². The van der Waals surface area contributed by atoms with Gasteiger partial charge in [0.25, 0.3) is 10.0 Å². The van der Waals surface area contributed by atoms with Gasteiger partial charge in [-0.3, -0.25) is 13.9 Å². The Kier molecular flexibility index (Phi) is 8.00. The zero-order valence-corrected chi connectivity index (χ0v) is 18.6. The van der Waals surface area contributed by atoms with E-state index in [0.29, 0.717) is 24.2 Å². The van der Waals surface area contributed by atoms with Crippen LogP contribution in [-0.4, -0.2) is 33.4 Å². The molecule has 0 radical (unpaired) electrons. The van der Waals surface area contributed by atoms with Gasteiger partial charge < -0.3 is 10.1 Å². The van der Waals surface area contributed by atoms with E-state index in [2.05, 4.69) is 5.32 Å². The Morgan fingerprint density at radius 1 is 0.967 bits per heavy atom. The molecule has 0 saturated carbocycles. The number of nitrogens with one attached hydrogen (secondary N) is 1. The molecule has 2 aromatic carbocycles. The second-order valence-electron chi connectivity index (χ2n) is 6.65. The molecule has 0 aliphatic rings. The molecule has 0 fully saturated rings. The van der Waals surface area contributed by atoms with Crippen LogP contribution in [0.3, 0.4) is 0 Å². The number of benzene rings is 2. The van der Waals surface area contributed by atoms with Crippen molar-refractivity contribution in [2.24, 2.45) is 0 Å². The highest BCUT2D eigenvalue weighted by atomic mass is 32.2. The van der Waals surface area contributed by atoms with Gasteiger partial charge in [-0.15, -0.1) is 0 Å². The van der Waals surface area contributed by atoms with Crippen molar-refractivity contribution in [3.8, 4) is 0 Å². The van der Waals surface area contributed by atoms with Crippen LogP contribution in [0.2, 0.25) is 0 Å². The highest BCUT2D eigenvalue weighted by Crippen LogP contribution is 2.32. The van der Waals surface area contributed by atoms with Crippen LogP contribution >= 0.6 is 0 Å². The molecule has 0 bridgehead atoms. The van der Waals surface area contributed by atoms with Gasteiger partial charge in [0.1, 0.15) is 6.54 Å². The number of aryl methyl sites for hydroxylation is 2. The summed E-state index contributed by atoms with van der Waals surface area (Å²) in [4.78, 5) is 23.5. The van der Waals surface area contributed by atoms with Crippen LogP contribution in [0.4, 0.5) is 11.4 Å². The van der Waals surface area contributed by atoms with Gasteiger partial charge in [-0.25, -0.2) is 8.42 Å². The zero-order chi connectivity index (χ0) is 22.3. The van der Waals surface area contributed by atoms with Gasteiger partial charge in [-0.05, 0) is 55.2 Å². The molecule has 7 nitrogen and oxygen atoms in total. The van der Waals surface area contributed by atoms with Crippen LogP contribution in [0.25, 0.3) is 0 Å². The van der Waals surface area contributed by atoms with Crippen molar-refractivity contribution in [1.29, 1.82) is 0 Å². The predicted octanol–water partition coefficient (Wildman–Crippen LogP) is 3.53. The second kappa shape index (κ2) is 10.2. The maximum Gasteiger partial charge on any atom is 0.326 e. The Morgan fingerprint density at radius 2 is 1.53 bits per heavy atom. The number of para-hydroxylation sites is 1. The lowest BCUT2D eigenvalue weighted by Crippen LogP contribution is -2.38. The fourth-order valence-corrected chi connectivity index (χ4v) is 4.67. The van der Waals surface area contributed by atoms with Crippen LogP contribution < -0.4 is 9.62 Å².